The first-order valence-electron chi connectivity index (χ1n) is 3.86. The summed E-state index contributed by atoms with van der Waals surface area (Å²) in [6.45, 7) is 0. The van der Waals surface area contributed by atoms with Crippen LogP contribution in [-0.2, 0) is 0 Å². The lowest BCUT2D eigenvalue weighted by molar-refractivity contribution is 0.476. The molecule has 0 bridgehead atoms. The Morgan fingerprint density at radius 3 is 2.71 bits per heavy atom. The van der Waals surface area contributed by atoms with Crippen LogP contribution < -0.4 is 0 Å². The first-order valence-corrected chi connectivity index (χ1v) is 5.03. The molecule has 0 heterocycles. The zero-order valence-corrected chi connectivity index (χ0v) is 9.23. The monoisotopic (exact) mass is 274 g/mol. The number of fused-ring (bicyclic) bond motifs is 1. The number of benzene rings is 2. The highest BCUT2D eigenvalue weighted by atomic mass is 79.9. The summed E-state index contributed by atoms with van der Waals surface area (Å²) < 4.78 is 13.7. The maximum Gasteiger partial charge on any atom is 0.142 e. The van der Waals surface area contributed by atoms with E-state index in [1.807, 2.05) is 0 Å². The molecule has 0 fully saturated rings. The second-order valence-electron chi connectivity index (χ2n) is 2.89. The number of hydrogen-bond acceptors (Lipinski definition) is 1. The number of phenolic OH excluding ortho intramolecular Hbond substituents is 1. The Hall–Kier alpha value is -0.800. The van der Waals surface area contributed by atoms with Gasteiger partial charge in [-0.05, 0) is 39.5 Å². The van der Waals surface area contributed by atoms with Crippen LogP contribution in [-0.4, -0.2) is 5.11 Å². The van der Waals surface area contributed by atoms with E-state index in [-0.39, 0.29) is 10.8 Å². The summed E-state index contributed by atoms with van der Waals surface area (Å²) in [5.74, 6) is -0.349. The zero-order chi connectivity index (χ0) is 10.3. The average molecular weight is 276 g/mol. The van der Waals surface area contributed by atoms with E-state index in [0.717, 1.165) is 0 Å². The Labute approximate surface area is 93.2 Å². The normalized spacial score (nSPS) is 10.8. The summed E-state index contributed by atoms with van der Waals surface area (Å²) in [5, 5.41) is 10.6. The molecule has 0 saturated heterocycles. The van der Waals surface area contributed by atoms with Crippen LogP contribution in [0, 0.1) is 5.82 Å². The van der Waals surface area contributed by atoms with Gasteiger partial charge >= 0.3 is 0 Å². The van der Waals surface area contributed by atoms with E-state index in [0.29, 0.717) is 15.2 Å². The van der Waals surface area contributed by atoms with Gasteiger partial charge in [0, 0.05) is 9.86 Å². The molecule has 0 spiro atoms. The number of hydrogen-bond donors (Lipinski definition) is 1. The summed E-state index contributed by atoms with van der Waals surface area (Å²) in [4.78, 5) is 0. The van der Waals surface area contributed by atoms with Crippen molar-refractivity contribution < 1.29 is 9.50 Å². The number of rotatable bonds is 0. The van der Waals surface area contributed by atoms with E-state index in [9.17, 15) is 9.50 Å². The molecule has 2 aromatic rings. The third-order valence-corrected chi connectivity index (χ3v) is 2.94. The van der Waals surface area contributed by atoms with Gasteiger partial charge < -0.3 is 5.11 Å². The molecule has 0 aliphatic heterocycles. The summed E-state index contributed by atoms with van der Waals surface area (Å²) in [6, 6.07) is 5.86. The summed E-state index contributed by atoms with van der Waals surface area (Å²) in [5.41, 5.74) is 0. The van der Waals surface area contributed by atoms with Gasteiger partial charge in [0.25, 0.3) is 0 Å². The predicted molar refractivity (Wildman–Crippen MR) is 58.3 cm³/mol. The van der Waals surface area contributed by atoms with Crippen LogP contribution in [0.1, 0.15) is 0 Å². The zero-order valence-electron chi connectivity index (χ0n) is 6.89. The fourth-order valence-corrected chi connectivity index (χ4v) is 2.38. The minimum Gasteiger partial charge on any atom is -0.508 e. The van der Waals surface area contributed by atoms with Crippen LogP contribution in [0.25, 0.3) is 10.8 Å². The molecule has 4 heteroatoms. The topological polar surface area (TPSA) is 20.2 Å². The molecule has 0 amide bonds. The maximum atomic E-state index is 13.1. The van der Waals surface area contributed by atoms with Gasteiger partial charge in [0.2, 0.25) is 0 Å². The van der Waals surface area contributed by atoms with Crippen LogP contribution in [0.15, 0.2) is 28.7 Å². The van der Waals surface area contributed by atoms with Gasteiger partial charge in [-0.2, -0.15) is 0 Å². The first-order chi connectivity index (χ1) is 6.59. The minimum absolute atomic E-state index is 0.0642. The van der Waals surface area contributed by atoms with Crippen LogP contribution in [0.4, 0.5) is 4.39 Å². The largest absolute Gasteiger partial charge is 0.508 e. The van der Waals surface area contributed by atoms with Gasteiger partial charge in [-0.3, -0.25) is 0 Å². The molecular weight excluding hydrogens is 270 g/mol. The van der Waals surface area contributed by atoms with Gasteiger partial charge in [-0.25, -0.2) is 4.39 Å². The van der Waals surface area contributed by atoms with E-state index >= 15 is 0 Å². The standard InChI is InChI=1S/C10H5BrClFO/c11-7-4-6(14)3-5-1-2-8(13)10(12)9(5)7/h1-4,14H. The van der Waals surface area contributed by atoms with E-state index in [2.05, 4.69) is 15.9 Å². The van der Waals surface area contributed by atoms with Gasteiger partial charge in [0.15, 0.2) is 0 Å². The highest BCUT2D eigenvalue weighted by Crippen LogP contribution is 2.35. The second-order valence-corrected chi connectivity index (χ2v) is 4.12. The van der Waals surface area contributed by atoms with Crippen LogP contribution in [0.3, 0.4) is 0 Å². The van der Waals surface area contributed by atoms with Crippen LogP contribution >= 0.6 is 27.5 Å². The molecule has 0 radical (unpaired) electrons. The average Bonchev–Trinajstić information content (AvgIpc) is 2.10. The highest BCUT2D eigenvalue weighted by Gasteiger charge is 2.09. The summed E-state index contributed by atoms with van der Waals surface area (Å²) in [6.07, 6.45) is 0. The third-order valence-electron chi connectivity index (χ3n) is 1.94. The van der Waals surface area contributed by atoms with Crippen molar-refractivity contribution in [2.45, 2.75) is 0 Å². The van der Waals surface area contributed by atoms with Crippen molar-refractivity contribution in [3.63, 3.8) is 0 Å². The summed E-state index contributed by atoms with van der Waals surface area (Å²) in [7, 11) is 0. The van der Waals surface area contributed by atoms with E-state index in [4.69, 9.17) is 11.6 Å². The van der Waals surface area contributed by atoms with Crippen molar-refractivity contribution in [2.24, 2.45) is 0 Å². The SMILES string of the molecule is Oc1cc(Br)c2c(Cl)c(F)ccc2c1. The van der Waals surface area contributed by atoms with Crippen LogP contribution in [0.2, 0.25) is 5.02 Å². The van der Waals surface area contributed by atoms with E-state index < -0.39 is 5.82 Å². The molecule has 1 nitrogen and oxygen atoms in total. The Morgan fingerprint density at radius 1 is 1.29 bits per heavy atom. The minimum atomic E-state index is -0.467. The molecule has 14 heavy (non-hydrogen) atoms. The van der Waals surface area contributed by atoms with Crippen molar-refractivity contribution in [3.8, 4) is 5.75 Å². The van der Waals surface area contributed by atoms with Crippen LogP contribution in [0.5, 0.6) is 5.75 Å². The van der Waals surface area contributed by atoms with Crippen molar-refractivity contribution in [1.82, 2.24) is 0 Å². The molecule has 1 N–H and O–H groups in total. The molecular formula is C10H5BrClFO. The lowest BCUT2D eigenvalue weighted by Gasteiger charge is -2.04. The van der Waals surface area contributed by atoms with Gasteiger partial charge in [-0.1, -0.05) is 17.7 Å². The molecule has 0 aromatic heterocycles. The molecule has 0 unspecified atom stereocenters. The number of phenols is 1. The number of aromatic hydroxyl groups is 1. The molecule has 2 rings (SSSR count). The van der Waals surface area contributed by atoms with Crippen molar-refractivity contribution >= 4 is 38.3 Å². The Kier molecular flexibility index (Phi) is 2.37. The third kappa shape index (κ3) is 1.47. The molecule has 2 aromatic carbocycles. The molecule has 72 valence electrons. The molecule has 0 saturated carbocycles. The van der Waals surface area contributed by atoms with Gasteiger partial charge in [0.1, 0.15) is 11.6 Å². The molecule has 0 aliphatic carbocycles. The number of halogens is 3. The lowest BCUT2D eigenvalue weighted by Crippen LogP contribution is -1.81. The van der Waals surface area contributed by atoms with Crippen molar-refractivity contribution in [1.29, 1.82) is 0 Å². The lowest BCUT2D eigenvalue weighted by atomic mass is 10.1. The second kappa shape index (κ2) is 3.41. The fourth-order valence-electron chi connectivity index (χ4n) is 1.33. The highest BCUT2D eigenvalue weighted by molar-refractivity contribution is 9.10. The van der Waals surface area contributed by atoms with E-state index in [1.54, 1.807) is 6.07 Å². The fraction of sp³-hybridized carbons (Fsp3) is 0. The smallest absolute Gasteiger partial charge is 0.142 e. The van der Waals surface area contributed by atoms with Crippen molar-refractivity contribution in [3.05, 3.63) is 39.6 Å². The molecule has 0 atom stereocenters. The Morgan fingerprint density at radius 2 is 2.00 bits per heavy atom. The van der Waals surface area contributed by atoms with Gasteiger partial charge in [-0.15, -0.1) is 0 Å². The van der Waals surface area contributed by atoms with Gasteiger partial charge in [0.05, 0.1) is 5.02 Å². The predicted octanol–water partition coefficient (Wildman–Crippen LogP) is 4.10. The van der Waals surface area contributed by atoms with Crippen molar-refractivity contribution in [2.75, 3.05) is 0 Å². The van der Waals surface area contributed by atoms with E-state index in [1.165, 1.54) is 18.2 Å². The summed E-state index contributed by atoms with van der Waals surface area (Å²) >= 11 is 9.02. The Bertz CT molecular complexity index is 513. The maximum absolute atomic E-state index is 13.1. The first kappa shape index (κ1) is 9.74. The molecule has 0 aliphatic rings. The Balaban J connectivity index is 2.95. The quantitative estimate of drug-likeness (QED) is 0.767.